The molecule has 5 aromatic carbocycles. The fourth-order valence-corrected chi connectivity index (χ4v) is 5.56. The molecule has 0 bridgehead atoms. The third-order valence-corrected chi connectivity index (χ3v) is 7.43. The molecule has 43 heavy (non-hydrogen) atoms. The second-order valence-corrected chi connectivity index (χ2v) is 10.0. The molecule has 0 fully saturated rings. The first kappa shape index (κ1) is 23.6. The summed E-state index contributed by atoms with van der Waals surface area (Å²) in [6, 6.07) is 46.2. The number of hydrogen-bond donors (Lipinski definition) is 0. The average Bonchev–Trinajstić information content (AvgIpc) is 3.61. The van der Waals surface area contributed by atoms with E-state index in [2.05, 4.69) is 56.8 Å². The van der Waals surface area contributed by atoms with Gasteiger partial charge in [0, 0.05) is 66.2 Å². The Balaban J connectivity index is 0.00000338. The van der Waals surface area contributed by atoms with Gasteiger partial charge in [-0.05, 0) is 48.1 Å². The summed E-state index contributed by atoms with van der Waals surface area (Å²) in [5, 5.41) is 1.97. The Morgan fingerprint density at radius 1 is 0.698 bits per heavy atom. The Bertz CT molecular complexity index is 2360. The minimum Gasteiger partial charge on any atom is -0.508 e. The molecule has 3 heterocycles. The van der Waals surface area contributed by atoms with Gasteiger partial charge in [0.1, 0.15) is 11.5 Å². The summed E-state index contributed by atoms with van der Waals surface area (Å²) < 4.78 is 36.3. The van der Waals surface area contributed by atoms with Crippen LogP contribution in [-0.4, -0.2) is 18.7 Å². The van der Waals surface area contributed by atoms with Crippen LogP contribution in [0.25, 0.3) is 50.0 Å². The van der Waals surface area contributed by atoms with E-state index in [1.807, 2.05) is 89.5 Å². The van der Waals surface area contributed by atoms with Crippen LogP contribution in [-0.2, 0) is 21.1 Å². The first-order valence-electron chi connectivity index (χ1n) is 15.1. The molecule has 0 saturated heterocycles. The van der Waals surface area contributed by atoms with Gasteiger partial charge < -0.3 is 9.30 Å². The zero-order valence-electron chi connectivity index (χ0n) is 25.7. The van der Waals surface area contributed by atoms with Gasteiger partial charge in [-0.3, -0.25) is 0 Å². The van der Waals surface area contributed by atoms with Crippen LogP contribution in [0.5, 0.6) is 11.5 Å². The van der Waals surface area contributed by atoms with E-state index in [0.29, 0.717) is 17.3 Å². The number of fused-ring (bicyclic) bond motifs is 4. The number of pyridine rings is 1. The second-order valence-electron chi connectivity index (χ2n) is 10.0. The van der Waals surface area contributed by atoms with E-state index in [1.165, 1.54) is 12.3 Å². The van der Waals surface area contributed by atoms with E-state index >= 15 is 0 Å². The topological polar surface area (TPSA) is 36.9 Å². The Labute approximate surface area is 267 Å². The molecule has 0 aliphatic carbocycles. The van der Waals surface area contributed by atoms with Gasteiger partial charge in [0.2, 0.25) is 0 Å². The molecule has 0 amide bonds. The number of para-hydroxylation sites is 4. The Hall–Kier alpha value is -4.99. The van der Waals surface area contributed by atoms with Crippen molar-refractivity contribution in [1.82, 2.24) is 18.7 Å². The SMILES string of the molecule is [2H]C([2H])([2H])c1ccnc(-n2c3[c-]c(Oc4[c-]c(-n5[cH+]n(-c6ccccc6)c6ccccc65)ccc4)ccc3c3ccccc32)c1.[Pt]. The molecule has 5 nitrogen and oxygen atoms in total. The van der Waals surface area contributed by atoms with E-state index < -0.39 is 6.85 Å². The molecule has 0 aliphatic rings. The summed E-state index contributed by atoms with van der Waals surface area (Å²) in [5.74, 6) is 1.55. The molecule has 8 rings (SSSR count). The van der Waals surface area contributed by atoms with Crippen molar-refractivity contribution in [1.29, 1.82) is 0 Å². The van der Waals surface area contributed by atoms with Gasteiger partial charge in [0.05, 0.1) is 0 Å². The molecule has 0 radical (unpaired) electrons. The van der Waals surface area contributed by atoms with Gasteiger partial charge in [-0.15, -0.1) is 29.7 Å². The van der Waals surface area contributed by atoms with Crippen molar-refractivity contribution in [2.45, 2.75) is 6.85 Å². The summed E-state index contributed by atoms with van der Waals surface area (Å²) in [7, 11) is 0. The molecule has 210 valence electrons. The minimum absolute atomic E-state index is 0. The summed E-state index contributed by atoms with van der Waals surface area (Å²) in [5.41, 5.74) is 5.88. The van der Waals surface area contributed by atoms with Gasteiger partial charge in [-0.25, -0.2) is 9.55 Å². The van der Waals surface area contributed by atoms with Crippen LogP contribution in [0.4, 0.5) is 0 Å². The molecule has 8 aromatic rings. The third-order valence-electron chi connectivity index (χ3n) is 7.43. The number of aromatic nitrogens is 4. The minimum atomic E-state index is -2.25. The van der Waals surface area contributed by atoms with Crippen LogP contribution in [0.15, 0.2) is 134 Å². The maximum Gasteiger partial charge on any atom is 0.168 e. The monoisotopic (exact) mass is 739 g/mol. The van der Waals surface area contributed by atoms with E-state index in [1.54, 1.807) is 6.07 Å². The number of imidazole rings is 1. The largest absolute Gasteiger partial charge is 0.508 e. The predicted octanol–water partition coefficient (Wildman–Crippen LogP) is 8.89. The first-order valence-corrected chi connectivity index (χ1v) is 13.6. The van der Waals surface area contributed by atoms with Crippen molar-refractivity contribution in [2.24, 2.45) is 0 Å². The van der Waals surface area contributed by atoms with Gasteiger partial charge in [0.15, 0.2) is 17.4 Å². The summed E-state index contributed by atoms with van der Waals surface area (Å²) >= 11 is 0. The van der Waals surface area contributed by atoms with E-state index in [9.17, 15) is 0 Å². The van der Waals surface area contributed by atoms with Crippen molar-refractivity contribution in [3.63, 3.8) is 0 Å². The van der Waals surface area contributed by atoms with Crippen molar-refractivity contribution < 1.29 is 29.9 Å². The predicted molar refractivity (Wildman–Crippen MR) is 168 cm³/mol. The maximum absolute atomic E-state index is 7.91. The van der Waals surface area contributed by atoms with Crippen molar-refractivity contribution in [3.05, 3.63) is 152 Å². The molecule has 6 heteroatoms. The summed E-state index contributed by atoms with van der Waals surface area (Å²) in [4.78, 5) is 4.54. The molecular weight excluding hydrogens is 712 g/mol. The van der Waals surface area contributed by atoms with Crippen LogP contribution in [0, 0.1) is 19.0 Å². The number of ether oxygens (including phenoxy) is 1. The van der Waals surface area contributed by atoms with Gasteiger partial charge in [-0.1, -0.05) is 60.1 Å². The van der Waals surface area contributed by atoms with Gasteiger partial charge >= 0.3 is 0 Å². The second kappa shape index (κ2) is 11.0. The number of nitrogens with zero attached hydrogens (tertiary/aromatic N) is 4. The fraction of sp³-hybridized carbons (Fsp3) is 0.0270. The number of aryl methyl sites for hydroxylation is 1. The van der Waals surface area contributed by atoms with Crippen LogP contribution in [0.3, 0.4) is 0 Å². The van der Waals surface area contributed by atoms with Crippen LogP contribution < -0.4 is 4.74 Å². The molecule has 0 N–H and O–H groups in total. The van der Waals surface area contributed by atoms with E-state index in [0.717, 1.165) is 44.2 Å². The number of benzene rings is 5. The molecule has 0 unspecified atom stereocenters. The quantitative estimate of drug-likeness (QED) is 0.166. The zero-order chi connectivity index (χ0) is 30.5. The van der Waals surface area contributed by atoms with Crippen LogP contribution in [0.1, 0.15) is 9.68 Å². The zero-order valence-corrected chi connectivity index (χ0v) is 25.0. The molecule has 0 saturated carbocycles. The Kier molecular flexibility index (Phi) is 6.03. The molecule has 3 aromatic heterocycles. The van der Waals surface area contributed by atoms with E-state index in [-0.39, 0.29) is 26.6 Å². The normalized spacial score (nSPS) is 12.5. The van der Waals surface area contributed by atoms with Gasteiger partial charge in [0.25, 0.3) is 0 Å². The Morgan fingerprint density at radius 2 is 1.44 bits per heavy atom. The third kappa shape index (κ3) is 4.72. The summed E-state index contributed by atoms with van der Waals surface area (Å²) in [6.07, 6.45) is 3.59. The fourth-order valence-electron chi connectivity index (χ4n) is 5.56. The maximum atomic E-state index is 7.91. The average molecular weight is 740 g/mol. The molecule has 0 aliphatic heterocycles. The van der Waals surface area contributed by atoms with Gasteiger partial charge in [-0.2, -0.15) is 16.7 Å². The smallest absolute Gasteiger partial charge is 0.168 e. The molecule has 0 atom stereocenters. The molecular formula is C37H25N4OPt-. The first-order chi connectivity index (χ1) is 21.9. The number of hydrogen-bond acceptors (Lipinski definition) is 2. The molecule has 0 spiro atoms. The number of rotatable bonds is 5. The van der Waals surface area contributed by atoms with Crippen LogP contribution >= 0.6 is 0 Å². The standard InChI is InChI=1S/C37H25N4O.Pt/c1-26-20-21-38-37(22-26)41-33-15-6-5-14-31(33)32-19-18-30(24-36(32)41)42-29-13-9-12-28(23-29)40-25-39(27-10-3-2-4-11-27)34-16-7-8-17-35(34)40;/h2-22,25H,1H3;/q-1;/i1D3;. The Morgan fingerprint density at radius 3 is 2.28 bits per heavy atom. The van der Waals surface area contributed by atoms with Crippen molar-refractivity contribution >= 4 is 32.8 Å². The van der Waals surface area contributed by atoms with Crippen molar-refractivity contribution in [2.75, 3.05) is 0 Å². The van der Waals surface area contributed by atoms with Crippen LogP contribution in [0.2, 0.25) is 0 Å². The summed E-state index contributed by atoms with van der Waals surface area (Å²) in [6.45, 7) is -2.25. The van der Waals surface area contributed by atoms with E-state index in [4.69, 9.17) is 8.85 Å². The van der Waals surface area contributed by atoms with Crippen molar-refractivity contribution in [3.8, 4) is 28.7 Å².